The Morgan fingerprint density at radius 2 is 1.59 bits per heavy atom. The van der Waals surface area contributed by atoms with E-state index < -0.39 is 60.2 Å². The molecule has 0 amide bonds. The van der Waals surface area contributed by atoms with Gasteiger partial charge in [-0.05, 0) is 17.5 Å². The maximum Gasteiger partial charge on any atom is 0.490 e. The standard InChI is InChI=1S/C14H18NO14P3/c16-11-10(7-26-31(22,23)29-32(24,25)28-30(19,20)21)27-14(12(11)17)15-6-5-8-3-1-2-4-9(8)13(15)18/h1-6,10-12,14,16-17H,7H2,(H,22,23)(H,24,25)(H2,19,20,21)/t10-,11+,12+,14-/m0/s1. The molecule has 0 radical (unpaired) electrons. The van der Waals surface area contributed by atoms with Gasteiger partial charge in [-0.15, -0.1) is 0 Å². The van der Waals surface area contributed by atoms with Crippen LogP contribution in [0.3, 0.4) is 0 Å². The van der Waals surface area contributed by atoms with Crippen LogP contribution in [-0.2, 0) is 31.6 Å². The van der Waals surface area contributed by atoms with Crippen molar-refractivity contribution in [3.8, 4) is 0 Å². The highest BCUT2D eigenvalue weighted by Gasteiger charge is 2.46. The predicted octanol–water partition coefficient (Wildman–Crippen LogP) is -0.0360. The average Bonchev–Trinajstić information content (AvgIpc) is 2.92. The SMILES string of the molecule is O=c1c2ccccc2ccn1[C@H]1O[C@@H](COP(=O)(O)OP(=O)(O)OP(=O)(O)O)[C@@H](O)[C@H]1O. The van der Waals surface area contributed by atoms with Gasteiger partial charge in [0.25, 0.3) is 5.56 Å². The Morgan fingerprint density at radius 1 is 0.938 bits per heavy atom. The molecule has 3 rings (SSSR count). The zero-order chi connectivity index (χ0) is 23.9. The van der Waals surface area contributed by atoms with Crippen LogP contribution in [0.4, 0.5) is 0 Å². The fraction of sp³-hybridized carbons (Fsp3) is 0.357. The molecule has 2 unspecified atom stereocenters. The number of pyridine rings is 1. The van der Waals surface area contributed by atoms with Crippen molar-refractivity contribution in [3.63, 3.8) is 0 Å². The minimum absolute atomic E-state index is 0.303. The average molecular weight is 517 g/mol. The van der Waals surface area contributed by atoms with Crippen LogP contribution in [0, 0.1) is 0 Å². The van der Waals surface area contributed by atoms with Crippen LogP contribution >= 0.6 is 23.5 Å². The van der Waals surface area contributed by atoms with E-state index in [1.54, 1.807) is 30.3 Å². The van der Waals surface area contributed by atoms with Crippen LogP contribution in [-0.4, -0.2) is 59.3 Å². The molecule has 0 aliphatic carbocycles. The summed E-state index contributed by atoms with van der Waals surface area (Å²) in [6.07, 6.45) is -4.97. The minimum Gasteiger partial charge on any atom is -0.387 e. The predicted molar refractivity (Wildman–Crippen MR) is 104 cm³/mol. The van der Waals surface area contributed by atoms with Gasteiger partial charge in [-0.25, -0.2) is 13.7 Å². The lowest BCUT2D eigenvalue weighted by Gasteiger charge is -2.19. The van der Waals surface area contributed by atoms with Crippen LogP contribution in [0.25, 0.3) is 10.8 Å². The minimum atomic E-state index is -5.71. The van der Waals surface area contributed by atoms with Crippen LogP contribution in [0.2, 0.25) is 0 Å². The fourth-order valence-corrected chi connectivity index (χ4v) is 6.00. The molecule has 0 bridgehead atoms. The topological polar surface area (TPSA) is 232 Å². The van der Waals surface area contributed by atoms with Crippen molar-refractivity contribution in [1.29, 1.82) is 0 Å². The van der Waals surface area contributed by atoms with Crippen LogP contribution < -0.4 is 5.56 Å². The molecule has 0 spiro atoms. The molecule has 0 saturated carbocycles. The summed E-state index contributed by atoms with van der Waals surface area (Å²) in [5.41, 5.74) is -0.548. The Hall–Kier alpha value is -1.28. The first-order valence-corrected chi connectivity index (χ1v) is 13.1. The normalized spacial score (nSPS) is 27.8. The van der Waals surface area contributed by atoms with Crippen molar-refractivity contribution in [2.45, 2.75) is 24.5 Å². The molecule has 6 atom stereocenters. The summed E-state index contributed by atoms with van der Waals surface area (Å²) < 4.78 is 51.7. The molecule has 2 heterocycles. The van der Waals surface area contributed by atoms with E-state index in [1.807, 2.05) is 0 Å². The van der Waals surface area contributed by atoms with Crippen LogP contribution in [0.5, 0.6) is 0 Å². The highest BCUT2D eigenvalue weighted by Crippen LogP contribution is 2.66. The second-order valence-corrected chi connectivity index (χ2v) is 11.0. The molecule has 15 nitrogen and oxygen atoms in total. The summed E-state index contributed by atoms with van der Waals surface area (Å²) >= 11 is 0. The summed E-state index contributed by atoms with van der Waals surface area (Å²) in [7, 11) is -16.7. The van der Waals surface area contributed by atoms with Gasteiger partial charge >= 0.3 is 23.5 Å². The number of phosphoric acid groups is 3. The molecule has 1 saturated heterocycles. The number of aliphatic hydroxyl groups is 2. The third-order valence-corrected chi connectivity index (χ3v) is 8.07. The first-order chi connectivity index (χ1) is 14.7. The Morgan fingerprint density at radius 3 is 2.25 bits per heavy atom. The number of ether oxygens (including phenoxy) is 1. The Labute approximate surface area is 178 Å². The Kier molecular flexibility index (Phi) is 7.26. The van der Waals surface area contributed by atoms with E-state index in [1.165, 1.54) is 6.20 Å². The number of phosphoric ester groups is 1. The second kappa shape index (κ2) is 9.16. The van der Waals surface area contributed by atoms with Gasteiger partial charge in [0.05, 0.1) is 6.61 Å². The molecule has 178 valence electrons. The van der Waals surface area contributed by atoms with E-state index in [-0.39, 0.29) is 0 Å². The van der Waals surface area contributed by atoms with Crippen molar-refractivity contribution in [3.05, 3.63) is 46.9 Å². The number of benzene rings is 1. The van der Waals surface area contributed by atoms with Gasteiger partial charge < -0.3 is 34.5 Å². The molecule has 1 fully saturated rings. The first kappa shape index (κ1) is 25.3. The van der Waals surface area contributed by atoms with Crippen molar-refractivity contribution in [2.75, 3.05) is 6.61 Å². The van der Waals surface area contributed by atoms with Gasteiger partial charge in [-0.1, -0.05) is 18.2 Å². The van der Waals surface area contributed by atoms with Gasteiger partial charge in [-0.3, -0.25) is 13.9 Å². The van der Waals surface area contributed by atoms with Gasteiger partial charge in [0, 0.05) is 11.6 Å². The van der Waals surface area contributed by atoms with Crippen LogP contribution in [0.1, 0.15) is 6.23 Å². The van der Waals surface area contributed by atoms with E-state index in [0.29, 0.717) is 10.8 Å². The number of aromatic nitrogens is 1. The third kappa shape index (κ3) is 5.99. The Balaban J connectivity index is 1.71. The maximum absolute atomic E-state index is 12.7. The van der Waals surface area contributed by atoms with E-state index in [4.69, 9.17) is 19.4 Å². The zero-order valence-electron chi connectivity index (χ0n) is 15.7. The number of rotatable bonds is 8. The van der Waals surface area contributed by atoms with Crippen molar-refractivity contribution in [2.24, 2.45) is 0 Å². The smallest absolute Gasteiger partial charge is 0.387 e. The third-order valence-electron chi connectivity index (χ3n) is 4.27. The summed E-state index contributed by atoms with van der Waals surface area (Å²) in [5, 5.41) is 21.4. The number of fused-ring (bicyclic) bond motifs is 1. The van der Waals surface area contributed by atoms with Gasteiger partial charge in [0.15, 0.2) is 6.23 Å². The molecule has 1 aromatic heterocycles. The Bertz CT molecular complexity index is 1190. The van der Waals surface area contributed by atoms with Gasteiger partial charge in [0.1, 0.15) is 18.3 Å². The zero-order valence-corrected chi connectivity index (χ0v) is 18.4. The van der Waals surface area contributed by atoms with Crippen LogP contribution in [0.15, 0.2) is 41.3 Å². The molecule has 1 aliphatic rings. The summed E-state index contributed by atoms with van der Waals surface area (Å²) in [6, 6.07) is 8.14. The molecule has 2 aromatic rings. The number of hydrogen-bond donors (Lipinski definition) is 6. The number of aliphatic hydroxyl groups excluding tert-OH is 2. The monoisotopic (exact) mass is 517 g/mol. The maximum atomic E-state index is 12.7. The number of hydrogen-bond acceptors (Lipinski definition) is 10. The van der Waals surface area contributed by atoms with Crippen molar-refractivity contribution < 1.29 is 61.4 Å². The quantitative estimate of drug-likeness (QED) is 0.253. The van der Waals surface area contributed by atoms with Gasteiger partial charge in [0.2, 0.25) is 0 Å². The van der Waals surface area contributed by atoms with Gasteiger partial charge in [-0.2, -0.15) is 8.62 Å². The van der Waals surface area contributed by atoms with E-state index in [0.717, 1.165) is 4.57 Å². The lowest BCUT2D eigenvalue weighted by Crippen LogP contribution is -2.35. The largest absolute Gasteiger partial charge is 0.490 e. The highest BCUT2D eigenvalue weighted by atomic mass is 31.3. The van der Waals surface area contributed by atoms with E-state index in [9.17, 15) is 33.6 Å². The summed E-state index contributed by atoms with van der Waals surface area (Å²) in [5.74, 6) is 0. The highest BCUT2D eigenvalue weighted by molar-refractivity contribution is 7.66. The molecule has 6 N–H and O–H groups in total. The number of nitrogens with zero attached hydrogens (tertiary/aromatic N) is 1. The van der Waals surface area contributed by atoms with Crippen molar-refractivity contribution in [1.82, 2.24) is 4.57 Å². The van der Waals surface area contributed by atoms with Crippen molar-refractivity contribution >= 4 is 34.2 Å². The summed E-state index contributed by atoms with van der Waals surface area (Å²) in [4.78, 5) is 48.3. The molecule has 1 aliphatic heterocycles. The first-order valence-electron chi connectivity index (χ1n) is 8.59. The van der Waals surface area contributed by atoms with E-state index >= 15 is 0 Å². The molecular weight excluding hydrogens is 499 g/mol. The molecule has 1 aromatic carbocycles. The molecule has 18 heteroatoms. The van der Waals surface area contributed by atoms with E-state index in [2.05, 4.69) is 13.1 Å². The summed E-state index contributed by atoms with van der Waals surface area (Å²) in [6.45, 7) is -0.985. The second-order valence-electron chi connectivity index (χ2n) is 6.55. The fourth-order valence-electron chi connectivity index (χ4n) is 2.97. The lowest BCUT2D eigenvalue weighted by atomic mass is 10.1. The molecular formula is C14H18NO14P3. The molecule has 32 heavy (non-hydrogen) atoms. The lowest BCUT2D eigenvalue weighted by molar-refractivity contribution is -0.0533.